The third-order valence-electron chi connectivity index (χ3n) is 7.01. The molecule has 0 amide bonds. The van der Waals surface area contributed by atoms with E-state index in [1.54, 1.807) is 0 Å². The standard InChI is InChI=1S/C32H19N3S/c1-2-10-20(11-3-1)31-23-14-4-7-15-26(23)33-32(34-31)35-27-16-8-5-12-21(27)24-19-30-25(18-28(24)35)22-13-6-9-17-29(22)36-30/h1-19H. The predicted molar refractivity (Wildman–Crippen MR) is 152 cm³/mol. The molecule has 3 heterocycles. The molecule has 0 radical (unpaired) electrons. The molecule has 8 rings (SSSR count). The van der Waals surface area contributed by atoms with E-state index < -0.39 is 0 Å². The molecule has 0 fully saturated rings. The van der Waals surface area contributed by atoms with Crippen LogP contribution in [0.1, 0.15) is 0 Å². The lowest BCUT2D eigenvalue weighted by molar-refractivity contribution is 1.01. The van der Waals surface area contributed by atoms with E-state index in [0.29, 0.717) is 5.95 Å². The maximum atomic E-state index is 5.20. The summed E-state index contributed by atoms with van der Waals surface area (Å²) in [7, 11) is 0. The van der Waals surface area contributed by atoms with Gasteiger partial charge in [0.1, 0.15) is 0 Å². The average molecular weight is 478 g/mol. The van der Waals surface area contributed by atoms with E-state index in [4.69, 9.17) is 9.97 Å². The fourth-order valence-electron chi connectivity index (χ4n) is 5.38. The van der Waals surface area contributed by atoms with E-state index in [9.17, 15) is 0 Å². The van der Waals surface area contributed by atoms with Gasteiger partial charge in [-0.3, -0.25) is 4.57 Å². The fourth-order valence-corrected chi connectivity index (χ4v) is 6.51. The molecule has 5 aromatic carbocycles. The first-order valence-electron chi connectivity index (χ1n) is 12.0. The molecule has 0 bridgehead atoms. The Morgan fingerprint density at radius 3 is 2.11 bits per heavy atom. The first kappa shape index (κ1) is 19.7. The van der Waals surface area contributed by atoms with Crippen molar-refractivity contribution in [1.82, 2.24) is 14.5 Å². The molecular formula is C32H19N3S. The van der Waals surface area contributed by atoms with E-state index in [1.807, 2.05) is 23.5 Å². The molecule has 0 saturated carbocycles. The second kappa shape index (κ2) is 7.48. The highest BCUT2D eigenvalue weighted by Gasteiger charge is 2.18. The monoisotopic (exact) mass is 477 g/mol. The highest BCUT2D eigenvalue weighted by molar-refractivity contribution is 7.25. The summed E-state index contributed by atoms with van der Waals surface area (Å²) in [6, 6.07) is 40.6. The average Bonchev–Trinajstić information content (AvgIpc) is 3.46. The minimum atomic E-state index is 0.692. The zero-order chi connectivity index (χ0) is 23.6. The van der Waals surface area contributed by atoms with Crippen LogP contribution < -0.4 is 0 Å². The first-order chi connectivity index (χ1) is 17.8. The molecule has 3 aromatic heterocycles. The van der Waals surface area contributed by atoms with Crippen molar-refractivity contribution in [2.45, 2.75) is 0 Å². The van der Waals surface area contributed by atoms with Crippen LogP contribution >= 0.6 is 11.3 Å². The first-order valence-corrected chi connectivity index (χ1v) is 12.8. The summed E-state index contributed by atoms with van der Waals surface area (Å²) < 4.78 is 4.84. The van der Waals surface area contributed by atoms with Crippen LogP contribution in [0, 0.1) is 0 Å². The lowest BCUT2D eigenvalue weighted by atomic mass is 10.1. The van der Waals surface area contributed by atoms with E-state index in [1.165, 1.54) is 30.9 Å². The maximum absolute atomic E-state index is 5.20. The molecule has 0 aliphatic carbocycles. The molecule has 0 unspecified atom stereocenters. The smallest absolute Gasteiger partial charge is 0.235 e. The molecule has 0 aliphatic heterocycles. The number of para-hydroxylation sites is 2. The fraction of sp³-hybridized carbons (Fsp3) is 0. The van der Waals surface area contributed by atoms with E-state index in [2.05, 4.69) is 108 Å². The Bertz CT molecular complexity index is 2100. The molecule has 0 saturated heterocycles. The highest BCUT2D eigenvalue weighted by Crippen LogP contribution is 2.40. The molecule has 0 spiro atoms. The number of fused-ring (bicyclic) bond motifs is 7. The molecule has 4 heteroatoms. The molecule has 3 nitrogen and oxygen atoms in total. The number of thiophene rings is 1. The third kappa shape index (κ3) is 2.79. The van der Waals surface area contributed by atoms with Gasteiger partial charge in [-0.25, -0.2) is 9.97 Å². The van der Waals surface area contributed by atoms with Gasteiger partial charge in [0.05, 0.1) is 22.2 Å². The Morgan fingerprint density at radius 1 is 0.500 bits per heavy atom. The van der Waals surface area contributed by atoms with Gasteiger partial charge in [-0.1, -0.05) is 84.9 Å². The molecule has 168 valence electrons. The van der Waals surface area contributed by atoms with Gasteiger partial charge in [0, 0.05) is 41.9 Å². The lowest BCUT2D eigenvalue weighted by Gasteiger charge is -2.11. The quantitative estimate of drug-likeness (QED) is 0.249. The molecule has 0 N–H and O–H groups in total. The Balaban J connectivity index is 1.53. The summed E-state index contributed by atoms with van der Waals surface area (Å²) >= 11 is 1.85. The van der Waals surface area contributed by atoms with Crippen LogP contribution in [0.5, 0.6) is 0 Å². The summed E-state index contributed by atoms with van der Waals surface area (Å²) in [5.41, 5.74) is 5.22. The van der Waals surface area contributed by atoms with Crippen molar-refractivity contribution in [3.05, 3.63) is 115 Å². The number of benzene rings is 5. The summed E-state index contributed by atoms with van der Waals surface area (Å²) in [6.45, 7) is 0. The van der Waals surface area contributed by atoms with Crippen LogP contribution in [0.2, 0.25) is 0 Å². The van der Waals surface area contributed by atoms with Crippen molar-refractivity contribution in [3.63, 3.8) is 0 Å². The van der Waals surface area contributed by atoms with Crippen molar-refractivity contribution >= 4 is 64.2 Å². The minimum Gasteiger partial charge on any atom is -0.278 e. The maximum Gasteiger partial charge on any atom is 0.235 e. The summed E-state index contributed by atoms with van der Waals surface area (Å²) in [6.07, 6.45) is 0. The highest BCUT2D eigenvalue weighted by atomic mass is 32.1. The van der Waals surface area contributed by atoms with Crippen molar-refractivity contribution in [1.29, 1.82) is 0 Å². The summed E-state index contributed by atoms with van der Waals surface area (Å²) in [4.78, 5) is 10.3. The Labute approximate surface area is 210 Å². The molecule has 0 atom stereocenters. The number of rotatable bonds is 2. The Kier molecular flexibility index (Phi) is 4.10. The zero-order valence-corrected chi connectivity index (χ0v) is 20.0. The van der Waals surface area contributed by atoms with E-state index in [-0.39, 0.29) is 0 Å². The van der Waals surface area contributed by atoms with Gasteiger partial charge in [-0.05, 0) is 30.3 Å². The van der Waals surface area contributed by atoms with Gasteiger partial charge in [0.15, 0.2) is 0 Å². The van der Waals surface area contributed by atoms with E-state index >= 15 is 0 Å². The van der Waals surface area contributed by atoms with Gasteiger partial charge in [0.25, 0.3) is 0 Å². The topological polar surface area (TPSA) is 30.7 Å². The normalized spacial score (nSPS) is 11.9. The number of aromatic nitrogens is 3. The molecule has 36 heavy (non-hydrogen) atoms. The molecular weight excluding hydrogens is 458 g/mol. The van der Waals surface area contributed by atoms with Gasteiger partial charge in [-0.15, -0.1) is 11.3 Å². The molecule has 8 aromatic rings. The van der Waals surface area contributed by atoms with E-state index in [0.717, 1.165) is 33.2 Å². The van der Waals surface area contributed by atoms with Crippen LogP contribution in [-0.2, 0) is 0 Å². The van der Waals surface area contributed by atoms with Crippen LogP contribution in [0.3, 0.4) is 0 Å². The third-order valence-corrected chi connectivity index (χ3v) is 8.14. The van der Waals surface area contributed by atoms with Crippen LogP contribution in [0.15, 0.2) is 115 Å². The summed E-state index contributed by atoms with van der Waals surface area (Å²) in [5, 5.41) is 6.06. The predicted octanol–water partition coefficient (Wildman–Crippen LogP) is 8.76. The van der Waals surface area contributed by atoms with Gasteiger partial charge in [-0.2, -0.15) is 0 Å². The van der Waals surface area contributed by atoms with Crippen molar-refractivity contribution < 1.29 is 0 Å². The van der Waals surface area contributed by atoms with Crippen molar-refractivity contribution in [2.75, 3.05) is 0 Å². The number of nitrogens with zero attached hydrogens (tertiary/aromatic N) is 3. The largest absolute Gasteiger partial charge is 0.278 e. The molecule has 0 aliphatic rings. The van der Waals surface area contributed by atoms with Crippen LogP contribution in [0.25, 0.3) is 70.1 Å². The van der Waals surface area contributed by atoms with Crippen LogP contribution in [-0.4, -0.2) is 14.5 Å². The second-order valence-electron chi connectivity index (χ2n) is 9.07. The van der Waals surface area contributed by atoms with Crippen molar-refractivity contribution in [2.24, 2.45) is 0 Å². The minimum absolute atomic E-state index is 0.692. The van der Waals surface area contributed by atoms with Crippen LogP contribution in [0.4, 0.5) is 0 Å². The number of hydrogen-bond donors (Lipinski definition) is 0. The van der Waals surface area contributed by atoms with Crippen molar-refractivity contribution in [3.8, 4) is 17.2 Å². The van der Waals surface area contributed by atoms with Gasteiger partial charge >= 0.3 is 0 Å². The Hall–Kier alpha value is -4.54. The summed E-state index contributed by atoms with van der Waals surface area (Å²) in [5.74, 6) is 0.692. The van der Waals surface area contributed by atoms with Gasteiger partial charge in [0.2, 0.25) is 5.95 Å². The number of hydrogen-bond acceptors (Lipinski definition) is 3. The zero-order valence-electron chi connectivity index (χ0n) is 19.2. The Morgan fingerprint density at radius 2 is 1.22 bits per heavy atom. The van der Waals surface area contributed by atoms with Gasteiger partial charge < -0.3 is 0 Å². The lowest BCUT2D eigenvalue weighted by Crippen LogP contribution is -2.03. The second-order valence-corrected chi connectivity index (χ2v) is 10.2. The SMILES string of the molecule is c1ccc(-c2nc(-n3c4ccccc4c4cc5sc6ccccc6c5cc43)nc3ccccc23)cc1.